The topological polar surface area (TPSA) is 79.6 Å². The van der Waals surface area contributed by atoms with Crippen LogP contribution in [0.1, 0.15) is 66.2 Å². The largest absolute Gasteiger partial charge is 0.466 e. The zero-order valence-corrected chi connectivity index (χ0v) is 14.7. The van der Waals surface area contributed by atoms with E-state index < -0.39 is 17.2 Å². The summed E-state index contributed by atoms with van der Waals surface area (Å²) in [5.74, 6) is -0.333. The second kappa shape index (κ2) is 8.19. The van der Waals surface area contributed by atoms with Gasteiger partial charge in [0.25, 0.3) is 0 Å². The molecule has 0 radical (unpaired) electrons. The Balaban J connectivity index is 3.02. The highest BCUT2D eigenvalue weighted by atomic mass is 16.6. The number of amides is 1. The number of ether oxygens (including phenoxy) is 2. The minimum absolute atomic E-state index is 0.113. The normalized spacial score (nSPS) is 21.4. The van der Waals surface area contributed by atoms with Crippen LogP contribution in [0, 0.1) is 11.3 Å². The van der Waals surface area contributed by atoms with Crippen molar-refractivity contribution in [2.75, 3.05) is 13.2 Å². The monoisotopic (exact) mass is 324 g/mol. The summed E-state index contributed by atoms with van der Waals surface area (Å²) in [4.78, 5) is 26.3. The number of likely N-dealkylation sites (tertiary alicyclic amines) is 1. The van der Waals surface area contributed by atoms with Crippen LogP contribution in [0.5, 0.6) is 0 Å². The summed E-state index contributed by atoms with van der Waals surface area (Å²) < 4.78 is 10.6. The van der Waals surface area contributed by atoms with Gasteiger partial charge in [-0.1, -0.05) is 0 Å². The molecule has 1 aliphatic rings. The van der Waals surface area contributed by atoms with Gasteiger partial charge in [-0.2, -0.15) is 5.26 Å². The van der Waals surface area contributed by atoms with Crippen molar-refractivity contribution >= 4 is 12.1 Å². The van der Waals surface area contributed by atoms with Gasteiger partial charge in [0, 0.05) is 13.0 Å². The van der Waals surface area contributed by atoms with E-state index in [4.69, 9.17) is 14.7 Å². The van der Waals surface area contributed by atoms with Gasteiger partial charge < -0.3 is 14.4 Å². The maximum atomic E-state index is 12.6. The molecule has 23 heavy (non-hydrogen) atoms. The van der Waals surface area contributed by atoms with Crippen LogP contribution >= 0.6 is 0 Å². The molecule has 1 rings (SSSR count). The molecular weight excluding hydrogens is 296 g/mol. The van der Waals surface area contributed by atoms with Crippen molar-refractivity contribution in [1.29, 1.82) is 5.26 Å². The van der Waals surface area contributed by atoms with Crippen LogP contribution in [0.4, 0.5) is 4.79 Å². The first-order valence-corrected chi connectivity index (χ1v) is 8.27. The van der Waals surface area contributed by atoms with E-state index in [0.29, 0.717) is 32.4 Å². The standard InChI is InChI=1S/C17H28N2O4/c1-5-22-14(20)13-17(10-8-11-18)9-6-7-12-19(17)15(21)23-16(2,3)4/h5-10,12-13H2,1-4H3. The van der Waals surface area contributed by atoms with E-state index in [1.165, 1.54) is 0 Å². The second-order valence-electron chi connectivity index (χ2n) is 6.95. The molecule has 0 aromatic rings. The summed E-state index contributed by atoms with van der Waals surface area (Å²) in [6.07, 6.45) is 2.93. The highest BCUT2D eigenvalue weighted by Crippen LogP contribution is 2.37. The van der Waals surface area contributed by atoms with Crippen LogP contribution in [-0.4, -0.2) is 41.3 Å². The fourth-order valence-electron chi connectivity index (χ4n) is 3.00. The Morgan fingerprint density at radius 3 is 2.57 bits per heavy atom. The number of hydrogen-bond acceptors (Lipinski definition) is 5. The maximum Gasteiger partial charge on any atom is 0.410 e. The third-order valence-electron chi connectivity index (χ3n) is 3.94. The van der Waals surface area contributed by atoms with Gasteiger partial charge >= 0.3 is 12.1 Å². The Bertz CT molecular complexity index is 464. The molecule has 1 atom stereocenters. The number of rotatable bonds is 5. The average molecular weight is 324 g/mol. The van der Waals surface area contributed by atoms with Gasteiger partial charge in [0.05, 0.1) is 24.6 Å². The van der Waals surface area contributed by atoms with Gasteiger partial charge in [0.2, 0.25) is 0 Å². The molecule has 130 valence electrons. The fourth-order valence-corrected chi connectivity index (χ4v) is 3.00. The van der Waals surface area contributed by atoms with E-state index in [2.05, 4.69) is 6.07 Å². The molecule has 1 unspecified atom stereocenters. The predicted molar refractivity (Wildman–Crippen MR) is 85.6 cm³/mol. The van der Waals surface area contributed by atoms with Crippen molar-refractivity contribution < 1.29 is 19.1 Å². The molecule has 1 saturated heterocycles. The van der Waals surface area contributed by atoms with Crippen LogP contribution in [0.3, 0.4) is 0 Å². The molecule has 0 aromatic carbocycles. The van der Waals surface area contributed by atoms with Gasteiger partial charge in [-0.05, 0) is 53.4 Å². The SMILES string of the molecule is CCOC(=O)CC1(CCC#N)CCCCN1C(=O)OC(C)(C)C. The smallest absolute Gasteiger partial charge is 0.410 e. The van der Waals surface area contributed by atoms with Crippen LogP contribution in [0.25, 0.3) is 0 Å². The van der Waals surface area contributed by atoms with Crippen molar-refractivity contribution in [2.24, 2.45) is 0 Å². The lowest BCUT2D eigenvalue weighted by atomic mass is 9.80. The van der Waals surface area contributed by atoms with Gasteiger partial charge in [0.1, 0.15) is 5.60 Å². The lowest BCUT2D eigenvalue weighted by Gasteiger charge is -2.46. The number of piperidine rings is 1. The van der Waals surface area contributed by atoms with Crippen LogP contribution in [0.2, 0.25) is 0 Å². The second-order valence-corrected chi connectivity index (χ2v) is 6.95. The summed E-state index contributed by atoms with van der Waals surface area (Å²) in [5.41, 5.74) is -1.28. The Morgan fingerprint density at radius 1 is 1.30 bits per heavy atom. The Labute approximate surface area is 138 Å². The van der Waals surface area contributed by atoms with Gasteiger partial charge in [-0.15, -0.1) is 0 Å². The molecule has 1 heterocycles. The van der Waals surface area contributed by atoms with Gasteiger partial charge in [-0.3, -0.25) is 4.79 Å². The Hall–Kier alpha value is -1.77. The molecule has 6 nitrogen and oxygen atoms in total. The lowest BCUT2D eigenvalue weighted by molar-refractivity contribution is -0.147. The van der Waals surface area contributed by atoms with Crippen molar-refractivity contribution in [3.05, 3.63) is 0 Å². The number of nitrogens with zero attached hydrogens (tertiary/aromatic N) is 2. The summed E-state index contributed by atoms with van der Waals surface area (Å²) in [6, 6.07) is 2.12. The van der Waals surface area contributed by atoms with Crippen molar-refractivity contribution in [3.8, 4) is 6.07 Å². The molecule has 0 N–H and O–H groups in total. The molecule has 0 spiro atoms. The first-order chi connectivity index (χ1) is 10.7. The van der Waals surface area contributed by atoms with Crippen LogP contribution < -0.4 is 0 Å². The molecule has 0 aliphatic carbocycles. The fraction of sp³-hybridized carbons (Fsp3) is 0.824. The first-order valence-electron chi connectivity index (χ1n) is 8.27. The van der Waals surface area contributed by atoms with Gasteiger partial charge in [0.15, 0.2) is 0 Å². The summed E-state index contributed by atoms with van der Waals surface area (Å²) in [6.45, 7) is 8.05. The van der Waals surface area contributed by atoms with E-state index in [1.54, 1.807) is 11.8 Å². The third-order valence-corrected chi connectivity index (χ3v) is 3.94. The van der Waals surface area contributed by atoms with Crippen LogP contribution in [-0.2, 0) is 14.3 Å². The summed E-state index contributed by atoms with van der Waals surface area (Å²) in [7, 11) is 0. The molecule has 6 heteroatoms. The molecule has 1 aliphatic heterocycles. The average Bonchev–Trinajstić information content (AvgIpc) is 2.44. The molecular formula is C17H28N2O4. The maximum absolute atomic E-state index is 12.6. The number of carbonyl (C=O) groups excluding carboxylic acids is 2. The minimum atomic E-state index is -0.678. The van der Waals surface area contributed by atoms with Crippen molar-refractivity contribution in [2.45, 2.75) is 77.4 Å². The number of hydrogen-bond donors (Lipinski definition) is 0. The van der Waals surface area contributed by atoms with E-state index in [9.17, 15) is 9.59 Å². The van der Waals surface area contributed by atoms with Gasteiger partial charge in [-0.25, -0.2) is 4.79 Å². The highest BCUT2D eigenvalue weighted by Gasteiger charge is 2.44. The van der Waals surface area contributed by atoms with Crippen LogP contribution in [0.15, 0.2) is 0 Å². The van der Waals surface area contributed by atoms with Crippen molar-refractivity contribution in [3.63, 3.8) is 0 Å². The number of nitriles is 1. The summed E-state index contributed by atoms with van der Waals surface area (Å²) in [5, 5.41) is 8.96. The highest BCUT2D eigenvalue weighted by molar-refractivity contribution is 5.74. The number of esters is 1. The van der Waals surface area contributed by atoms with E-state index >= 15 is 0 Å². The summed E-state index contributed by atoms with van der Waals surface area (Å²) >= 11 is 0. The molecule has 0 bridgehead atoms. The van der Waals surface area contributed by atoms with E-state index in [-0.39, 0.29) is 12.4 Å². The van der Waals surface area contributed by atoms with E-state index in [1.807, 2.05) is 20.8 Å². The number of carbonyl (C=O) groups is 2. The molecule has 0 aromatic heterocycles. The molecule has 1 amide bonds. The van der Waals surface area contributed by atoms with Crippen molar-refractivity contribution in [1.82, 2.24) is 4.90 Å². The minimum Gasteiger partial charge on any atom is -0.466 e. The Kier molecular flexibility index (Phi) is 6.86. The zero-order valence-electron chi connectivity index (χ0n) is 14.7. The Morgan fingerprint density at radius 2 is 2.00 bits per heavy atom. The lowest BCUT2D eigenvalue weighted by Crippen LogP contribution is -2.56. The quantitative estimate of drug-likeness (QED) is 0.724. The molecule has 1 fully saturated rings. The first kappa shape index (κ1) is 19.3. The van der Waals surface area contributed by atoms with E-state index in [0.717, 1.165) is 12.8 Å². The third kappa shape index (κ3) is 5.74. The zero-order chi connectivity index (χ0) is 17.5. The predicted octanol–water partition coefficient (Wildman–Crippen LogP) is 3.40. The molecule has 0 saturated carbocycles.